The van der Waals surface area contributed by atoms with Crippen LogP contribution in [0.25, 0.3) is 0 Å². The molecule has 0 radical (unpaired) electrons. The van der Waals surface area contributed by atoms with E-state index in [2.05, 4.69) is 0 Å². The second-order valence-electron chi connectivity index (χ2n) is 11.6. The highest BCUT2D eigenvalue weighted by Gasteiger charge is 2.89. The van der Waals surface area contributed by atoms with E-state index in [-0.39, 0.29) is 18.9 Å². The lowest BCUT2D eigenvalue weighted by molar-refractivity contribution is -0.220. The molecule has 11 heteroatoms. The SMILES string of the molecule is CC(=O)O[C@H]1C[C@@H]2O[C@]2(C)[C@@H]2[C@H](OC(C)=O)[C@]34O[C@@]3(C)C(=O)O[C@H]4/C=C(/C)C[C@@H](OC(C)=O)[C@H](O)[C@@]12C. The Morgan fingerprint density at radius 3 is 2.22 bits per heavy atom. The topological polar surface area (TPSA) is 150 Å². The number of ether oxygens (including phenoxy) is 6. The molecule has 3 saturated heterocycles. The molecule has 1 spiro atoms. The normalized spacial score (nSPS) is 51.0. The van der Waals surface area contributed by atoms with E-state index >= 15 is 0 Å². The minimum Gasteiger partial charge on any atom is -0.462 e. The smallest absolute Gasteiger partial charge is 0.342 e. The molecule has 1 N–H and O–H groups in total. The number of fused-ring (bicyclic) bond motifs is 3. The molecule has 3 heterocycles. The van der Waals surface area contributed by atoms with Crippen molar-refractivity contribution >= 4 is 23.9 Å². The van der Waals surface area contributed by atoms with Gasteiger partial charge in [-0.25, -0.2) is 4.79 Å². The van der Waals surface area contributed by atoms with Crippen molar-refractivity contribution in [2.75, 3.05) is 0 Å². The molecule has 204 valence electrons. The van der Waals surface area contributed by atoms with Gasteiger partial charge in [-0.2, -0.15) is 0 Å². The maximum Gasteiger partial charge on any atom is 0.342 e. The summed E-state index contributed by atoms with van der Waals surface area (Å²) in [5.41, 5.74) is -4.41. The van der Waals surface area contributed by atoms with Gasteiger partial charge in [0.2, 0.25) is 0 Å². The number of carbonyl (C=O) groups excluding carboxylic acids is 4. The van der Waals surface area contributed by atoms with Gasteiger partial charge in [-0.05, 0) is 26.8 Å². The Morgan fingerprint density at radius 1 is 1.03 bits per heavy atom. The van der Waals surface area contributed by atoms with Crippen molar-refractivity contribution in [1.82, 2.24) is 0 Å². The highest BCUT2D eigenvalue weighted by molar-refractivity contribution is 5.89. The summed E-state index contributed by atoms with van der Waals surface area (Å²) in [6, 6.07) is 0. The molecule has 11 atom stereocenters. The summed E-state index contributed by atoms with van der Waals surface area (Å²) < 4.78 is 35.4. The van der Waals surface area contributed by atoms with Crippen LogP contribution in [0.15, 0.2) is 11.6 Å². The molecule has 0 aromatic rings. The molecule has 0 amide bonds. The molecule has 0 unspecified atom stereocenters. The molecule has 5 rings (SSSR count). The summed E-state index contributed by atoms with van der Waals surface area (Å²) in [5.74, 6) is -3.23. The van der Waals surface area contributed by atoms with Gasteiger partial charge in [0.15, 0.2) is 17.3 Å². The first kappa shape index (κ1) is 26.1. The lowest BCUT2D eigenvalue weighted by atomic mass is 9.53. The molecule has 2 aliphatic carbocycles. The monoisotopic (exact) mass is 522 g/mol. The Labute approximate surface area is 214 Å². The van der Waals surface area contributed by atoms with Crippen LogP contribution < -0.4 is 0 Å². The zero-order valence-corrected chi connectivity index (χ0v) is 22.1. The molecular formula is C26H34O11. The lowest BCUT2D eigenvalue weighted by Crippen LogP contribution is -2.67. The van der Waals surface area contributed by atoms with E-state index in [1.165, 1.54) is 20.8 Å². The van der Waals surface area contributed by atoms with Crippen molar-refractivity contribution in [3.63, 3.8) is 0 Å². The van der Waals surface area contributed by atoms with E-state index in [1.807, 2.05) is 6.92 Å². The van der Waals surface area contributed by atoms with Gasteiger partial charge in [0.25, 0.3) is 0 Å². The molecule has 0 aromatic heterocycles. The third-order valence-electron chi connectivity index (χ3n) is 9.10. The van der Waals surface area contributed by atoms with Crippen LogP contribution in [-0.2, 0) is 47.6 Å². The second-order valence-corrected chi connectivity index (χ2v) is 11.6. The number of carbonyl (C=O) groups is 4. The van der Waals surface area contributed by atoms with Gasteiger partial charge in [-0.1, -0.05) is 12.5 Å². The summed E-state index contributed by atoms with van der Waals surface area (Å²) in [7, 11) is 0. The van der Waals surface area contributed by atoms with Gasteiger partial charge >= 0.3 is 23.9 Å². The van der Waals surface area contributed by atoms with E-state index in [0.717, 1.165) is 0 Å². The first-order valence-corrected chi connectivity index (χ1v) is 12.6. The summed E-state index contributed by atoms with van der Waals surface area (Å²) >= 11 is 0. The fourth-order valence-corrected chi connectivity index (χ4v) is 7.34. The number of aliphatic hydroxyl groups excluding tert-OH is 1. The fraction of sp³-hybridized carbons (Fsp3) is 0.769. The molecule has 4 fully saturated rings. The second kappa shape index (κ2) is 8.00. The Balaban J connectivity index is 1.76. The Bertz CT molecular complexity index is 1100. The quantitative estimate of drug-likeness (QED) is 0.246. The van der Waals surface area contributed by atoms with Gasteiger partial charge in [0, 0.05) is 44.9 Å². The minimum atomic E-state index is -1.40. The highest BCUT2D eigenvalue weighted by Crippen LogP contribution is 2.69. The standard InChI is InChI=1S/C26H34O11/c1-11-8-15(32-12(2)27)20(30)23(5)16(33-13(3)28)10-17-24(6,36-17)19(23)21(34-14(4)29)26-18(9-11)35-22(31)25(26,7)37-26/h9,15-21,30H,8,10H2,1-7H3/b11-9-/t15-,16+,17+,18+,19-,20+,21+,23+,24+,25+,26+/m1/s1. The van der Waals surface area contributed by atoms with Crippen LogP contribution in [0.3, 0.4) is 0 Å². The Morgan fingerprint density at radius 2 is 1.65 bits per heavy atom. The zero-order valence-electron chi connectivity index (χ0n) is 22.1. The number of aliphatic hydroxyl groups is 1. The van der Waals surface area contributed by atoms with Crippen LogP contribution in [-0.4, -0.2) is 82.4 Å². The first-order chi connectivity index (χ1) is 17.1. The van der Waals surface area contributed by atoms with Crippen molar-refractivity contribution in [2.45, 2.75) is 115 Å². The van der Waals surface area contributed by atoms with Crippen LogP contribution >= 0.6 is 0 Å². The zero-order chi connectivity index (χ0) is 27.3. The molecule has 1 saturated carbocycles. The van der Waals surface area contributed by atoms with E-state index in [9.17, 15) is 24.3 Å². The summed E-state index contributed by atoms with van der Waals surface area (Å²) in [6.07, 6.45) is -3.62. The summed E-state index contributed by atoms with van der Waals surface area (Å²) in [4.78, 5) is 49.8. The maximum absolute atomic E-state index is 13.0. The number of hydrogen-bond acceptors (Lipinski definition) is 11. The molecule has 11 nitrogen and oxygen atoms in total. The van der Waals surface area contributed by atoms with Crippen LogP contribution in [0.5, 0.6) is 0 Å². The Kier molecular flexibility index (Phi) is 5.65. The number of rotatable bonds is 3. The summed E-state index contributed by atoms with van der Waals surface area (Å²) in [6.45, 7) is 10.7. The number of hydrogen-bond donors (Lipinski definition) is 1. The van der Waals surface area contributed by atoms with E-state index in [1.54, 1.807) is 26.8 Å². The lowest BCUT2D eigenvalue weighted by Gasteiger charge is -2.54. The van der Waals surface area contributed by atoms with Crippen molar-refractivity contribution in [1.29, 1.82) is 0 Å². The van der Waals surface area contributed by atoms with E-state index in [4.69, 9.17) is 28.4 Å². The average molecular weight is 523 g/mol. The first-order valence-electron chi connectivity index (χ1n) is 12.6. The predicted octanol–water partition coefficient (Wildman–Crippen LogP) is 1.13. The molecule has 0 bridgehead atoms. The van der Waals surface area contributed by atoms with Gasteiger partial charge in [0.1, 0.15) is 24.4 Å². The molecule has 3 aliphatic heterocycles. The predicted molar refractivity (Wildman–Crippen MR) is 123 cm³/mol. The van der Waals surface area contributed by atoms with Crippen LogP contribution in [0, 0.1) is 11.3 Å². The number of epoxide rings is 2. The maximum atomic E-state index is 13.0. The van der Waals surface area contributed by atoms with Crippen molar-refractivity contribution < 1.29 is 52.7 Å². The van der Waals surface area contributed by atoms with Crippen molar-refractivity contribution in [3.8, 4) is 0 Å². The molecule has 0 aromatic carbocycles. The van der Waals surface area contributed by atoms with Gasteiger partial charge in [-0.3, -0.25) is 14.4 Å². The van der Waals surface area contributed by atoms with E-state index < -0.39 is 82.5 Å². The molecule has 37 heavy (non-hydrogen) atoms. The van der Waals surface area contributed by atoms with Gasteiger partial charge in [-0.15, -0.1) is 0 Å². The fourth-order valence-electron chi connectivity index (χ4n) is 7.34. The van der Waals surface area contributed by atoms with E-state index in [0.29, 0.717) is 5.57 Å². The van der Waals surface area contributed by atoms with Crippen molar-refractivity contribution in [3.05, 3.63) is 11.6 Å². The van der Waals surface area contributed by atoms with Crippen LogP contribution in [0.1, 0.15) is 61.3 Å². The van der Waals surface area contributed by atoms with Crippen LogP contribution in [0.4, 0.5) is 0 Å². The Hall–Kier alpha value is -2.50. The summed E-state index contributed by atoms with van der Waals surface area (Å²) in [5, 5.41) is 12.0. The van der Waals surface area contributed by atoms with Crippen molar-refractivity contribution in [2.24, 2.45) is 11.3 Å². The largest absolute Gasteiger partial charge is 0.462 e. The number of esters is 4. The minimum absolute atomic E-state index is 0.121. The highest BCUT2D eigenvalue weighted by atomic mass is 16.7. The van der Waals surface area contributed by atoms with Gasteiger partial charge in [0.05, 0.1) is 11.7 Å². The third kappa shape index (κ3) is 3.50. The average Bonchev–Trinajstić information content (AvgIpc) is 3.60. The van der Waals surface area contributed by atoms with Gasteiger partial charge < -0.3 is 33.5 Å². The third-order valence-corrected chi connectivity index (χ3v) is 9.10. The molecule has 5 aliphatic rings. The van der Waals surface area contributed by atoms with Crippen LogP contribution in [0.2, 0.25) is 0 Å². The molecular weight excluding hydrogens is 488 g/mol.